The van der Waals surface area contributed by atoms with E-state index in [1.54, 1.807) is 0 Å². The fourth-order valence-electron chi connectivity index (χ4n) is 3.31. The highest BCUT2D eigenvalue weighted by atomic mass is 16.3. The first-order chi connectivity index (χ1) is 9.72. The Labute approximate surface area is 120 Å². The maximum Gasteiger partial charge on any atom is 0.134 e. The van der Waals surface area contributed by atoms with Gasteiger partial charge in [-0.25, -0.2) is 0 Å². The molecule has 3 nitrogen and oxygen atoms in total. The van der Waals surface area contributed by atoms with Crippen molar-refractivity contribution in [1.82, 2.24) is 10.2 Å². The van der Waals surface area contributed by atoms with Crippen molar-refractivity contribution in [2.24, 2.45) is 0 Å². The molecule has 1 fully saturated rings. The number of aryl methyl sites for hydroxylation is 1. The van der Waals surface area contributed by atoms with E-state index in [1.807, 2.05) is 6.07 Å². The van der Waals surface area contributed by atoms with Gasteiger partial charge in [0.15, 0.2) is 0 Å². The van der Waals surface area contributed by atoms with Gasteiger partial charge in [-0.3, -0.25) is 4.90 Å². The molecular formula is C17H24N2O. The summed E-state index contributed by atoms with van der Waals surface area (Å²) in [5.74, 6) is 1.14. The van der Waals surface area contributed by atoms with Crippen molar-refractivity contribution >= 4 is 11.0 Å². The van der Waals surface area contributed by atoms with Crippen LogP contribution in [0, 0.1) is 0 Å². The lowest BCUT2D eigenvalue weighted by atomic mass is 10.0. The lowest BCUT2D eigenvalue weighted by Crippen LogP contribution is -2.35. The highest BCUT2D eigenvalue weighted by molar-refractivity contribution is 5.82. The van der Waals surface area contributed by atoms with Crippen molar-refractivity contribution in [1.29, 1.82) is 0 Å². The number of nitrogens with one attached hydrogen (secondary N) is 1. The Morgan fingerprint density at radius 1 is 1.40 bits per heavy atom. The molecule has 2 aromatic rings. The molecule has 2 heterocycles. The maximum atomic E-state index is 6.17. The van der Waals surface area contributed by atoms with Crippen LogP contribution in [0.25, 0.3) is 11.0 Å². The van der Waals surface area contributed by atoms with Crippen LogP contribution < -0.4 is 5.32 Å². The van der Waals surface area contributed by atoms with Gasteiger partial charge in [0.2, 0.25) is 0 Å². The minimum Gasteiger partial charge on any atom is -0.459 e. The molecule has 3 rings (SSSR count). The van der Waals surface area contributed by atoms with Crippen molar-refractivity contribution in [2.45, 2.75) is 38.8 Å². The highest BCUT2D eigenvalue weighted by Crippen LogP contribution is 2.33. The molecule has 1 aromatic heterocycles. The van der Waals surface area contributed by atoms with Gasteiger partial charge in [-0.15, -0.1) is 0 Å². The zero-order valence-electron chi connectivity index (χ0n) is 12.6. The number of furan rings is 1. The van der Waals surface area contributed by atoms with Crippen LogP contribution in [0.4, 0.5) is 0 Å². The molecule has 0 radical (unpaired) electrons. The molecule has 1 N–H and O–H groups in total. The molecule has 1 aromatic carbocycles. The van der Waals surface area contributed by atoms with Crippen molar-refractivity contribution in [3.05, 3.63) is 35.6 Å². The third-order valence-corrected chi connectivity index (χ3v) is 4.68. The highest BCUT2D eigenvalue weighted by Gasteiger charge is 2.27. The van der Waals surface area contributed by atoms with E-state index in [0.717, 1.165) is 30.9 Å². The maximum absolute atomic E-state index is 6.17. The predicted octanol–water partition coefficient (Wildman–Crippen LogP) is 3.35. The molecule has 0 aliphatic carbocycles. The first-order valence-corrected chi connectivity index (χ1v) is 7.65. The summed E-state index contributed by atoms with van der Waals surface area (Å²) in [6.07, 6.45) is 2.25. The number of benzene rings is 1. The Balaban J connectivity index is 1.95. The van der Waals surface area contributed by atoms with Crippen molar-refractivity contribution in [3.63, 3.8) is 0 Å². The summed E-state index contributed by atoms with van der Waals surface area (Å²) in [5, 5.41) is 4.72. The molecule has 1 aliphatic rings. The van der Waals surface area contributed by atoms with Gasteiger partial charge in [-0.2, -0.15) is 0 Å². The van der Waals surface area contributed by atoms with Gasteiger partial charge in [0.1, 0.15) is 11.3 Å². The number of rotatable bonds is 4. The molecule has 108 valence electrons. The number of nitrogens with zero attached hydrogens (tertiary/aromatic N) is 1. The van der Waals surface area contributed by atoms with E-state index in [-0.39, 0.29) is 0 Å². The quantitative estimate of drug-likeness (QED) is 0.925. The summed E-state index contributed by atoms with van der Waals surface area (Å²) in [6, 6.07) is 9.32. The second kappa shape index (κ2) is 5.58. The van der Waals surface area contributed by atoms with Crippen LogP contribution in [-0.4, -0.2) is 31.1 Å². The molecule has 2 unspecified atom stereocenters. The standard InChI is InChI=1S/C17H24N2O/c1-4-14-15-7-5-6-8-16(15)20-17(14)12(2)19(3)13-9-10-18-11-13/h5-8,12-13,18H,4,9-11H2,1-3H3. The number of hydrogen-bond donors (Lipinski definition) is 1. The van der Waals surface area contributed by atoms with Crippen LogP contribution >= 0.6 is 0 Å². The molecular weight excluding hydrogens is 248 g/mol. The van der Waals surface area contributed by atoms with Gasteiger partial charge in [0.25, 0.3) is 0 Å². The number of hydrogen-bond acceptors (Lipinski definition) is 3. The summed E-state index contributed by atoms with van der Waals surface area (Å²) in [7, 11) is 2.22. The van der Waals surface area contributed by atoms with Crippen LogP contribution in [0.2, 0.25) is 0 Å². The zero-order valence-corrected chi connectivity index (χ0v) is 12.6. The Bertz CT molecular complexity index is 584. The Kier molecular flexibility index (Phi) is 3.81. The molecule has 20 heavy (non-hydrogen) atoms. The summed E-state index contributed by atoms with van der Waals surface area (Å²) in [4.78, 5) is 2.46. The molecule has 0 bridgehead atoms. The van der Waals surface area contributed by atoms with Crippen molar-refractivity contribution in [2.75, 3.05) is 20.1 Å². The average molecular weight is 272 g/mol. The second-order valence-corrected chi connectivity index (χ2v) is 5.78. The van der Waals surface area contributed by atoms with Crippen LogP contribution in [0.15, 0.2) is 28.7 Å². The van der Waals surface area contributed by atoms with Crippen LogP contribution in [-0.2, 0) is 6.42 Å². The topological polar surface area (TPSA) is 28.4 Å². The second-order valence-electron chi connectivity index (χ2n) is 5.78. The van der Waals surface area contributed by atoms with Crippen LogP contribution in [0.3, 0.4) is 0 Å². The van der Waals surface area contributed by atoms with E-state index in [2.05, 4.69) is 49.3 Å². The largest absolute Gasteiger partial charge is 0.459 e. The van der Waals surface area contributed by atoms with E-state index in [1.165, 1.54) is 17.4 Å². The first kappa shape index (κ1) is 13.7. The molecule has 3 heteroatoms. The summed E-state index contributed by atoms with van der Waals surface area (Å²) < 4.78 is 6.17. The monoisotopic (exact) mass is 272 g/mol. The van der Waals surface area contributed by atoms with Gasteiger partial charge in [0, 0.05) is 23.5 Å². The Morgan fingerprint density at radius 2 is 2.20 bits per heavy atom. The van der Waals surface area contributed by atoms with Crippen LogP contribution in [0.1, 0.15) is 37.6 Å². The number of para-hydroxylation sites is 1. The smallest absolute Gasteiger partial charge is 0.134 e. The van der Waals surface area contributed by atoms with Gasteiger partial charge in [0.05, 0.1) is 6.04 Å². The Morgan fingerprint density at radius 3 is 2.90 bits per heavy atom. The van der Waals surface area contributed by atoms with Gasteiger partial charge < -0.3 is 9.73 Å². The van der Waals surface area contributed by atoms with Gasteiger partial charge >= 0.3 is 0 Å². The van der Waals surface area contributed by atoms with Gasteiger partial charge in [-0.1, -0.05) is 25.1 Å². The zero-order chi connectivity index (χ0) is 14.1. The summed E-state index contributed by atoms with van der Waals surface area (Å²) in [5.41, 5.74) is 2.38. The van der Waals surface area contributed by atoms with Crippen molar-refractivity contribution < 1.29 is 4.42 Å². The van der Waals surface area contributed by atoms with Crippen molar-refractivity contribution in [3.8, 4) is 0 Å². The van der Waals surface area contributed by atoms with E-state index in [4.69, 9.17) is 4.42 Å². The summed E-state index contributed by atoms with van der Waals surface area (Å²) in [6.45, 7) is 6.69. The third-order valence-electron chi connectivity index (χ3n) is 4.68. The molecule has 2 atom stereocenters. The van der Waals surface area contributed by atoms with Gasteiger partial charge in [-0.05, 0) is 39.4 Å². The normalized spacial score (nSPS) is 20.9. The fourth-order valence-corrected chi connectivity index (χ4v) is 3.31. The average Bonchev–Trinajstić information content (AvgIpc) is 3.12. The lowest BCUT2D eigenvalue weighted by Gasteiger charge is -2.29. The van der Waals surface area contributed by atoms with E-state index in [9.17, 15) is 0 Å². The van der Waals surface area contributed by atoms with Crippen LogP contribution in [0.5, 0.6) is 0 Å². The molecule has 1 saturated heterocycles. The molecule has 0 saturated carbocycles. The molecule has 0 spiro atoms. The minimum absolute atomic E-state index is 0.322. The minimum atomic E-state index is 0.322. The van der Waals surface area contributed by atoms with E-state index >= 15 is 0 Å². The lowest BCUT2D eigenvalue weighted by molar-refractivity contribution is 0.177. The Hall–Kier alpha value is -1.32. The molecule has 1 aliphatic heterocycles. The predicted molar refractivity (Wildman–Crippen MR) is 83.0 cm³/mol. The number of likely N-dealkylation sites (N-methyl/N-ethyl adjacent to an activating group) is 1. The van der Waals surface area contributed by atoms with E-state index < -0.39 is 0 Å². The summed E-state index contributed by atoms with van der Waals surface area (Å²) >= 11 is 0. The van der Waals surface area contributed by atoms with E-state index in [0.29, 0.717) is 12.1 Å². The first-order valence-electron chi connectivity index (χ1n) is 7.65. The number of fused-ring (bicyclic) bond motifs is 1. The molecule has 0 amide bonds. The fraction of sp³-hybridized carbons (Fsp3) is 0.529. The third kappa shape index (κ3) is 2.25. The SMILES string of the molecule is CCc1c(C(C)N(C)C2CCNC2)oc2ccccc12.